The number of aromatic nitrogens is 2. The fraction of sp³-hybridized carbons (Fsp3) is 0.263. The topological polar surface area (TPSA) is 49.8 Å². The largest absolute Gasteiger partial charge is 0.387 e. The minimum Gasteiger partial charge on any atom is -0.387 e. The van der Waals surface area contributed by atoms with E-state index in [1.54, 1.807) is 6.20 Å². The lowest BCUT2D eigenvalue weighted by Gasteiger charge is -2.16. The molecule has 4 nitrogen and oxygen atoms in total. The average molecular weight is 306 g/mol. The number of rotatable bonds is 6. The van der Waals surface area contributed by atoms with Gasteiger partial charge in [0.05, 0.1) is 17.1 Å². The Morgan fingerprint density at radius 1 is 1.26 bits per heavy atom. The number of anilines is 1. The number of hydrogen-bond acceptors (Lipinski definition) is 4. The summed E-state index contributed by atoms with van der Waals surface area (Å²) >= 11 is 0. The first-order chi connectivity index (χ1) is 11.2. The van der Waals surface area contributed by atoms with Crippen LogP contribution in [0.2, 0.25) is 0 Å². The molecule has 0 radical (unpaired) electrons. The van der Waals surface area contributed by atoms with E-state index in [4.69, 9.17) is 9.97 Å². The van der Waals surface area contributed by atoms with Gasteiger partial charge < -0.3 is 10.6 Å². The van der Waals surface area contributed by atoms with Crippen LogP contribution in [0, 0.1) is 0 Å². The molecule has 1 aromatic rings. The van der Waals surface area contributed by atoms with Gasteiger partial charge in [-0.3, -0.25) is 0 Å². The molecule has 1 heterocycles. The van der Waals surface area contributed by atoms with Crippen molar-refractivity contribution in [1.29, 1.82) is 0 Å². The highest BCUT2D eigenvalue weighted by molar-refractivity contribution is 5.84. The highest BCUT2D eigenvalue weighted by Gasteiger charge is 2.21. The van der Waals surface area contributed by atoms with Gasteiger partial charge in [-0.15, -0.1) is 0 Å². The van der Waals surface area contributed by atoms with E-state index in [2.05, 4.69) is 48.1 Å². The van der Waals surface area contributed by atoms with Crippen molar-refractivity contribution in [2.45, 2.75) is 25.7 Å². The molecule has 0 saturated carbocycles. The predicted octanol–water partition coefficient (Wildman–Crippen LogP) is 4.13. The fourth-order valence-corrected chi connectivity index (χ4v) is 2.91. The summed E-state index contributed by atoms with van der Waals surface area (Å²) in [6.07, 6.45) is 14.6. The van der Waals surface area contributed by atoms with Gasteiger partial charge >= 0.3 is 0 Å². The Balaban J connectivity index is 2.19. The predicted molar refractivity (Wildman–Crippen MR) is 97.5 cm³/mol. The Hall–Kier alpha value is -2.62. The third-order valence-electron chi connectivity index (χ3n) is 4.11. The summed E-state index contributed by atoms with van der Waals surface area (Å²) < 4.78 is 0. The molecule has 0 unspecified atom stereocenters. The SMILES string of the molecule is C=CNc1nc(C2=CCCC2)c(C2=CCC=C2)nc1C(=C)NC. The van der Waals surface area contributed by atoms with E-state index in [0.29, 0.717) is 5.82 Å². The van der Waals surface area contributed by atoms with Crippen molar-refractivity contribution in [3.8, 4) is 0 Å². The molecule has 3 rings (SSSR count). The summed E-state index contributed by atoms with van der Waals surface area (Å²) in [6.45, 7) is 7.78. The Morgan fingerprint density at radius 3 is 2.74 bits per heavy atom. The first kappa shape index (κ1) is 15.3. The highest BCUT2D eigenvalue weighted by Crippen LogP contribution is 2.34. The normalized spacial score (nSPS) is 16.0. The van der Waals surface area contributed by atoms with Gasteiger partial charge in [-0.2, -0.15) is 0 Å². The van der Waals surface area contributed by atoms with Crippen molar-refractivity contribution in [2.24, 2.45) is 0 Å². The molecule has 0 aliphatic heterocycles. The van der Waals surface area contributed by atoms with E-state index in [-0.39, 0.29) is 0 Å². The van der Waals surface area contributed by atoms with Crippen molar-refractivity contribution in [3.05, 3.63) is 60.7 Å². The number of nitrogens with one attached hydrogen (secondary N) is 2. The number of hydrogen-bond donors (Lipinski definition) is 2. The van der Waals surface area contributed by atoms with Gasteiger partial charge in [0.25, 0.3) is 0 Å². The van der Waals surface area contributed by atoms with E-state index in [0.717, 1.165) is 47.6 Å². The number of allylic oxidation sites excluding steroid dienone is 6. The van der Waals surface area contributed by atoms with E-state index in [9.17, 15) is 0 Å². The molecule has 2 aliphatic rings. The molecule has 0 spiro atoms. The maximum atomic E-state index is 4.89. The van der Waals surface area contributed by atoms with E-state index >= 15 is 0 Å². The van der Waals surface area contributed by atoms with Crippen LogP contribution in [0.3, 0.4) is 0 Å². The van der Waals surface area contributed by atoms with Gasteiger partial charge in [-0.25, -0.2) is 9.97 Å². The molecule has 0 amide bonds. The summed E-state index contributed by atoms with van der Waals surface area (Å²) in [5.74, 6) is 0.688. The molecule has 23 heavy (non-hydrogen) atoms. The van der Waals surface area contributed by atoms with Crippen LogP contribution in [-0.4, -0.2) is 17.0 Å². The molecule has 0 fully saturated rings. The van der Waals surface area contributed by atoms with Crippen molar-refractivity contribution in [2.75, 3.05) is 12.4 Å². The molecule has 0 atom stereocenters. The Morgan fingerprint density at radius 2 is 2.13 bits per heavy atom. The molecular formula is C19H22N4. The lowest BCUT2D eigenvalue weighted by atomic mass is 10.0. The molecule has 4 heteroatoms. The van der Waals surface area contributed by atoms with Gasteiger partial charge in [0.1, 0.15) is 5.69 Å². The lowest BCUT2D eigenvalue weighted by Crippen LogP contribution is -2.12. The third-order valence-corrected chi connectivity index (χ3v) is 4.11. The summed E-state index contributed by atoms with van der Waals surface area (Å²) in [4.78, 5) is 9.76. The molecule has 2 N–H and O–H groups in total. The van der Waals surface area contributed by atoms with Crippen LogP contribution in [0.25, 0.3) is 16.8 Å². The third kappa shape index (κ3) is 2.97. The summed E-state index contributed by atoms with van der Waals surface area (Å²) in [6, 6.07) is 0. The second-order valence-corrected chi connectivity index (χ2v) is 5.61. The Labute approximate surface area is 137 Å². The van der Waals surface area contributed by atoms with Crippen LogP contribution in [0.15, 0.2) is 43.7 Å². The molecular weight excluding hydrogens is 284 g/mol. The second kappa shape index (κ2) is 6.65. The van der Waals surface area contributed by atoms with Crippen LogP contribution in [0.4, 0.5) is 5.82 Å². The molecule has 118 valence electrons. The van der Waals surface area contributed by atoms with Gasteiger partial charge in [0, 0.05) is 7.05 Å². The zero-order valence-corrected chi connectivity index (χ0v) is 13.5. The second-order valence-electron chi connectivity index (χ2n) is 5.61. The van der Waals surface area contributed by atoms with Gasteiger partial charge in [-0.05, 0) is 43.0 Å². The fourth-order valence-electron chi connectivity index (χ4n) is 2.91. The maximum absolute atomic E-state index is 4.89. The molecule has 1 aromatic heterocycles. The van der Waals surface area contributed by atoms with Crippen LogP contribution in [0.1, 0.15) is 42.8 Å². The van der Waals surface area contributed by atoms with Gasteiger partial charge in [0.15, 0.2) is 5.82 Å². The molecule has 0 saturated heterocycles. The van der Waals surface area contributed by atoms with Crippen LogP contribution < -0.4 is 10.6 Å². The van der Waals surface area contributed by atoms with Crippen LogP contribution >= 0.6 is 0 Å². The van der Waals surface area contributed by atoms with Crippen LogP contribution in [-0.2, 0) is 0 Å². The van der Waals surface area contributed by atoms with Crippen molar-refractivity contribution < 1.29 is 0 Å². The zero-order valence-electron chi connectivity index (χ0n) is 13.5. The average Bonchev–Trinajstić information content (AvgIpc) is 3.27. The standard InChI is InChI=1S/C19H22N4/c1-4-21-19-16(13(2)20-3)22-17(14-9-5-6-10-14)18(23-19)15-11-7-8-12-15/h4-5,9-11,20H,1-2,6-8,12H2,3H3,(H,21,23). The monoisotopic (exact) mass is 306 g/mol. The Kier molecular flexibility index (Phi) is 4.42. The molecule has 2 aliphatic carbocycles. The first-order valence-electron chi connectivity index (χ1n) is 7.97. The van der Waals surface area contributed by atoms with E-state index in [1.807, 2.05) is 7.05 Å². The minimum absolute atomic E-state index is 0.688. The quantitative estimate of drug-likeness (QED) is 0.829. The van der Waals surface area contributed by atoms with Gasteiger partial charge in [-0.1, -0.05) is 37.5 Å². The maximum Gasteiger partial charge on any atom is 0.158 e. The van der Waals surface area contributed by atoms with Crippen molar-refractivity contribution in [1.82, 2.24) is 15.3 Å². The first-order valence-corrected chi connectivity index (χ1v) is 7.97. The highest BCUT2D eigenvalue weighted by atomic mass is 15.0. The van der Waals surface area contributed by atoms with E-state index < -0.39 is 0 Å². The van der Waals surface area contributed by atoms with Crippen LogP contribution in [0.5, 0.6) is 0 Å². The Bertz CT molecular complexity index is 738. The summed E-state index contributed by atoms with van der Waals surface area (Å²) in [7, 11) is 1.84. The summed E-state index contributed by atoms with van der Waals surface area (Å²) in [5.41, 5.74) is 5.78. The minimum atomic E-state index is 0.688. The lowest BCUT2D eigenvalue weighted by molar-refractivity contribution is 0.930. The zero-order chi connectivity index (χ0) is 16.2. The molecule has 0 aromatic carbocycles. The molecule has 0 bridgehead atoms. The summed E-state index contributed by atoms with van der Waals surface area (Å²) in [5, 5.41) is 6.16. The van der Waals surface area contributed by atoms with Crippen molar-refractivity contribution >= 4 is 22.7 Å². The van der Waals surface area contributed by atoms with Crippen molar-refractivity contribution in [3.63, 3.8) is 0 Å². The van der Waals surface area contributed by atoms with Gasteiger partial charge in [0.2, 0.25) is 0 Å². The smallest absolute Gasteiger partial charge is 0.158 e. The number of nitrogens with zero attached hydrogens (tertiary/aromatic N) is 2. The van der Waals surface area contributed by atoms with E-state index in [1.165, 1.54) is 12.0 Å².